The molecule has 4 unspecified atom stereocenters. The van der Waals surface area contributed by atoms with Gasteiger partial charge in [0.05, 0.1) is 24.6 Å². The number of likely N-dealkylation sites (tertiary alicyclic amines) is 1. The summed E-state index contributed by atoms with van der Waals surface area (Å²) in [6.07, 6.45) is 0. The van der Waals surface area contributed by atoms with Crippen molar-refractivity contribution in [1.82, 2.24) is 4.90 Å². The van der Waals surface area contributed by atoms with Crippen molar-refractivity contribution in [3.8, 4) is 17.2 Å². The van der Waals surface area contributed by atoms with Gasteiger partial charge in [-0.1, -0.05) is 36.4 Å². The van der Waals surface area contributed by atoms with E-state index >= 15 is 0 Å². The molecule has 1 saturated heterocycles. The Bertz CT molecular complexity index is 1660. The fraction of sp³-hybridized carbons (Fsp3) is 0.242. The number of carboxylic acids is 1. The largest absolute Gasteiger partial charge is 0.497 e. The number of ketones is 1. The molecule has 6 rings (SSSR count). The van der Waals surface area contributed by atoms with E-state index in [2.05, 4.69) is 0 Å². The highest BCUT2D eigenvalue weighted by Crippen LogP contribution is 2.53. The smallest absolute Gasteiger partial charge is 0.327 e. The number of furan rings is 1. The minimum atomic E-state index is -1.37. The summed E-state index contributed by atoms with van der Waals surface area (Å²) in [5.74, 6) is -1.37. The first-order valence-electron chi connectivity index (χ1n) is 13.5. The molecule has 3 heterocycles. The van der Waals surface area contributed by atoms with E-state index in [4.69, 9.17) is 18.6 Å². The van der Waals surface area contributed by atoms with Gasteiger partial charge in [0.1, 0.15) is 23.3 Å². The summed E-state index contributed by atoms with van der Waals surface area (Å²) in [6, 6.07) is 20.0. The second kappa shape index (κ2) is 10.7. The molecular formula is C33H29NO8. The Morgan fingerprint density at radius 3 is 2.21 bits per heavy atom. The number of carbonyl (C=O) groups is 3. The first-order valence-corrected chi connectivity index (χ1v) is 13.5. The van der Waals surface area contributed by atoms with E-state index in [1.54, 1.807) is 92.7 Å². The summed E-state index contributed by atoms with van der Waals surface area (Å²) in [7, 11) is 1.54. The number of aryl methyl sites for hydroxylation is 2. The summed E-state index contributed by atoms with van der Waals surface area (Å²) >= 11 is 0. The number of carboxylic acid groups (broad SMARTS) is 1. The lowest BCUT2D eigenvalue weighted by Crippen LogP contribution is -2.43. The van der Waals surface area contributed by atoms with Gasteiger partial charge in [0.25, 0.3) is 5.91 Å². The Morgan fingerprint density at radius 1 is 0.881 bits per heavy atom. The number of amides is 1. The maximum Gasteiger partial charge on any atom is 0.327 e. The summed E-state index contributed by atoms with van der Waals surface area (Å²) in [6.45, 7) is 3.49. The molecule has 1 aromatic heterocycles. The average molecular weight is 568 g/mol. The Hall–Kier alpha value is -5.05. The molecular weight excluding hydrogens is 538 g/mol. The van der Waals surface area contributed by atoms with Crippen molar-refractivity contribution in [2.24, 2.45) is 5.92 Å². The van der Waals surface area contributed by atoms with Crippen molar-refractivity contribution in [3.63, 3.8) is 0 Å². The third kappa shape index (κ3) is 4.56. The van der Waals surface area contributed by atoms with Crippen molar-refractivity contribution in [3.05, 3.63) is 113 Å². The first-order chi connectivity index (χ1) is 20.3. The number of benzene rings is 3. The second-order valence-electron chi connectivity index (χ2n) is 10.4. The zero-order valence-corrected chi connectivity index (χ0v) is 23.3. The van der Waals surface area contributed by atoms with E-state index in [0.29, 0.717) is 51.0 Å². The molecule has 1 amide bonds. The van der Waals surface area contributed by atoms with Crippen LogP contribution < -0.4 is 14.2 Å². The lowest BCUT2D eigenvalue weighted by atomic mass is 9.76. The van der Waals surface area contributed by atoms with Crippen molar-refractivity contribution in [2.75, 3.05) is 13.9 Å². The van der Waals surface area contributed by atoms with Crippen LogP contribution in [0.4, 0.5) is 0 Å². The molecule has 9 nitrogen and oxygen atoms in total. The second-order valence-corrected chi connectivity index (χ2v) is 10.4. The van der Waals surface area contributed by atoms with Crippen LogP contribution in [0, 0.1) is 19.8 Å². The Kier molecular flexibility index (Phi) is 6.94. The van der Waals surface area contributed by atoms with Crippen molar-refractivity contribution < 1.29 is 38.1 Å². The van der Waals surface area contributed by atoms with Gasteiger partial charge >= 0.3 is 5.97 Å². The van der Waals surface area contributed by atoms with Gasteiger partial charge < -0.3 is 28.6 Å². The monoisotopic (exact) mass is 567 g/mol. The van der Waals surface area contributed by atoms with Crippen LogP contribution in [0.25, 0.3) is 0 Å². The van der Waals surface area contributed by atoms with Gasteiger partial charge in [0, 0.05) is 11.5 Å². The zero-order chi connectivity index (χ0) is 29.5. The van der Waals surface area contributed by atoms with Gasteiger partial charge in [-0.25, -0.2) is 4.79 Å². The topological polar surface area (TPSA) is 116 Å². The van der Waals surface area contributed by atoms with Crippen molar-refractivity contribution >= 4 is 17.7 Å². The van der Waals surface area contributed by atoms with Crippen LogP contribution >= 0.6 is 0 Å². The molecule has 0 bridgehead atoms. The highest BCUT2D eigenvalue weighted by Gasteiger charge is 2.58. The molecule has 3 aromatic carbocycles. The van der Waals surface area contributed by atoms with Crippen LogP contribution in [0.2, 0.25) is 0 Å². The molecule has 4 aromatic rings. The van der Waals surface area contributed by atoms with E-state index in [1.807, 2.05) is 0 Å². The van der Waals surface area contributed by atoms with Gasteiger partial charge in [-0.2, -0.15) is 0 Å². The molecule has 9 heteroatoms. The molecule has 42 heavy (non-hydrogen) atoms. The number of hydrogen-bond acceptors (Lipinski definition) is 7. The number of methoxy groups -OCH3 is 1. The lowest BCUT2D eigenvalue weighted by Gasteiger charge is -2.30. The third-order valence-corrected chi connectivity index (χ3v) is 8.02. The normalized spacial score (nSPS) is 20.9. The van der Waals surface area contributed by atoms with E-state index in [1.165, 1.54) is 12.0 Å². The highest BCUT2D eigenvalue weighted by atomic mass is 16.7. The molecule has 0 saturated carbocycles. The van der Waals surface area contributed by atoms with Crippen LogP contribution in [0.15, 0.2) is 83.3 Å². The summed E-state index contributed by atoms with van der Waals surface area (Å²) in [4.78, 5) is 43.4. The van der Waals surface area contributed by atoms with E-state index in [9.17, 15) is 19.5 Å². The van der Waals surface area contributed by atoms with Gasteiger partial charge in [-0.15, -0.1) is 0 Å². The molecule has 1 N–H and O–H groups in total. The number of carbonyl (C=O) groups excluding carboxylic acids is 2. The van der Waals surface area contributed by atoms with Crippen LogP contribution in [0.5, 0.6) is 17.2 Å². The number of rotatable bonds is 7. The fourth-order valence-electron chi connectivity index (χ4n) is 6.21. The number of Topliss-reactive ketones (excluding diaryl/α,β-unsaturated/α-hetero) is 1. The number of hydrogen-bond donors (Lipinski definition) is 1. The molecule has 1 fully saturated rings. The number of nitrogens with zero attached hydrogens (tertiary/aromatic N) is 1. The van der Waals surface area contributed by atoms with Crippen LogP contribution in [0.3, 0.4) is 0 Å². The predicted octanol–water partition coefficient (Wildman–Crippen LogP) is 5.57. The van der Waals surface area contributed by atoms with E-state index in [0.717, 1.165) is 0 Å². The van der Waals surface area contributed by atoms with E-state index < -0.39 is 35.8 Å². The molecule has 4 atom stereocenters. The van der Waals surface area contributed by atoms with Crippen LogP contribution in [-0.4, -0.2) is 47.6 Å². The molecule has 0 radical (unpaired) electrons. The summed E-state index contributed by atoms with van der Waals surface area (Å²) in [5, 5.41) is 10.8. The lowest BCUT2D eigenvalue weighted by molar-refractivity contribution is -0.142. The Labute approximate surface area is 242 Å². The summed E-state index contributed by atoms with van der Waals surface area (Å²) < 4.78 is 22.2. The van der Waals surface area contributed by atoms with Crippen LogP contribution in [0.1, 0.15) is 55.3 Å². The Morgan fingerprint density at radius 2 is 1.57 bits per heavy atom. The molecule has 0 spiro atoms. The van der Waals surface area contributed by atoms with Gasteiger partial charge in [0.2, 0.25) is 6.79 Å². The average Bonchev–Trinajstić information content (AvgIpc) is 3.71. The highest BCUT2D eigenvalue weighted by molar-refractivity contribution is 6.04. The minimum Gasteiger partial charge on any atom is -0.497 e. The minimum absolute atomic E-state index is 0.0399. The molecule has 214 valence electrons. The van der Waals surface area contributed by atoms with Gasteiger partial charge in [-0.05, 0) is 67.4 Å². The molecule has 2 aliphatic rings. The SMILES string of the molecule is COc1ccc(C2C(C(=O)c3cc(C)oc3C)C(c3ccc4c(c3)OCO4)N(C(=O)c3ccccc3)C2C(=O)O)cc1. The van der Waals surface area contributed by atoms with Gasteiger partial charge in [-0.3, -0.25) is 9.59 Å². The number of ether oxygens (including phenoxy) is 3. The number of aliphatic carboxylic acids is 1. The first kappa shape index (κ1) is 27.1. The van der Waals surface area contributed by atoms with Crippen molar-refractivity contribution in [2.45, 2.75) is 31.8 Å². The maximum atomic E-state index is 14.6. The quantitative estimate of drug-likeness (QED) is 0.289. The fourth-order valence-corrected chi connectivity index (χ4v) is 6.21. The third-order valence-electron chi connectivity index (χ3n) is 8.02. The van der Waals surface area contributed by atoms with Gasteiger partial charge in [0.15, 0.2) is 17.3 Å². The Balaban J connectivity index is 1.61. The molecule has 0 aliphatic carbocycles. The van der Waals surface area contributed by atoms with Crippen molar-refractivity contribution in [1.29, 1.82) is 0 Å². The van der Waals surface area contributed by atoms with Crippen LogP contribution in [-0.2, 0) is 4.79 Å². The zero-order valence-electron chi connectivity index (χ0n) is 23.3. The molecule has 2 aliphatic heterocycles. The maximum absolute atomic E-state index is 14.6. The number of fused-ring (bicyclic) bond motifs is 1. The van der Waals surface area contributed by atoms with E-state index in [-0.39, 0.29) is 12.6 Å². The standard InChI is InChI=1S/C33H29NO8/c1-18-15-24(19(2)42-18)31(35)28-27(20-9-12-23(39-3)13-10-20)30(33(37)38)34(32(36)21-7-5-4-6-8-21)29(28)22-11-14-25-26(16-22)41-17-40-25/h4-16,27-30H,17H2,1-3H3,(H,37,38). The predicted molar refractivity (Wildman–Crippen MR) is 151 cm³/mol. The summed E-state index contributed by atoms with van der Waals surface area (Å²) in [5.41, 5.74) is 1.81.